The van der Waals surface area contributed by atoms with Crippen molar-refractivity contribution in [2.24, 2.45) is 0 Å². The molecule has 0 aromatic carbocycles. The summed E-state index contributed by atoms with van der Waals surface area (Å²) in [5.41, 5.74) is 0. The van der Waals surface area contributed by atoms with E-state index in [1.807, 2.05) is 0 Å². The molecule has 4 heteroatoms. The highest BCUT2D eigenvalue weighted by Crippen LogP contribution is 2.14. The normalized spacial score (nSPS) is 11.4. The highest BCUT2D eigenvalue weighted by atomic mass is 16.4. The van der Waals surface area contributed by atoms with Gasteiger partial charge in [-0.3, -0.25) is 4.79 Å². The van der Waals surface area contributed by atoms with Crippen LogP contribution in [0.2, 0.25) is 0 Å². The first kappa shape index (κ1) is 29.6. The molecule has 0 atom stereocenters. The smallest absolute Gasteiger partial charge is 0.303 e. The van der Waals surface area contributed by atoms with Crippen molar-refractivity contribution in [2.45, 2.75) is 122 Å². The Hall–Kier alpha value is -0.610. The molecule has 0 bridgehead atoms. The van der Waals surface area contributed by atoms with Gasteiger partial charge in [-0.25, -0.2) is 0 Å². The van der Waals surface area contributed by atoms with Gasteiger partial charge in [-0.2, -0.15) is 0 Å². The average Bonchev–Trinajstić information content (AvgIpc) is 2.61. The van der Waals surface area contributed by atoms with E-state index in [1.165, 1.54) is 103 Å². The molecule has 4 nitrogen and oxygen atoms in total. The van der Waals surface area contributed by atoms with E-state index in [0.717, 1.165) is 23.7 Å². The summed E-state index contributed by atoms with van der Waals surface area (Å²) in [6.07, 6.45) is 23.2. The zero-order valence-electron chi connectivity index (χ0n) is 19.4. The standard InChI is InChI=1S/C24H49NO2.H2O/c1-4-5-6-7-8-9-10-11-12-13-14-15-16-19-22-25(2,3)23-20-17-18-21-24(26)27;/h4-23H2,1-3H3;1H2. The van der Waals surface area contributed by atoms with E-state index >= 15 is 0 Å². The van der Waals surface area contributed by atoms with Gasteiger partial charge >= 0.3 is 5.97 Å². The summed E-state index contributed by atoms with van der Waals surface area (Å²) in [4.78, 5) is 10.5. The van der Waals surface area contributed by atoms with Crippen molar-refractivity contribution in [3.05, 3.63) is 0 Å². The molecule has 28 heavy (non-hydrogen) atoms. The van der Waals surface area contributed by atoms with Gasteiger partial charge in [-0.15, -0.1) is 0 Å². The molecule has 0 aromatic rings. The van der Waals surface area contributed by atoms with Gasteiger partial charge in [-0.05, 0) is 32.1 Å². The predicted molar refractivity (Wildman–Crippen MR) is 120 cm³/mol. The minimum Gasteiger partial charge on any atom is -0.870 e. The van der Waals surface area contributed by atoms with Crippen molar-refractivity contribution in [1.29, 1.82) is 0 Å². The van der Waals surface area contributed by atoms with Gasteiger partial charge in [0.25, 0.3) is 0 Å². The molecule has 2 N–H and O–H groups in total. The maximum absolute atomic E-state index is 10.5. The van der Waals surface area contributed by atoms with Crippen LogP contribution in [-0.4, -0.2) is 48.2 Å². The fourth-order valence-corrected chi connectivity index (χ4v) is 3.84. The maximum Gasteiger partial charge on any atom is 0.303 e. The number of unbranched alkanes of at least 4 members (excludes halogenated alkanes) is 15. The van der Waals surface area contributed by atoms with Crippen molar-refractivity contribution < 1.29 is 19.9 Å². The summed E-state index contributed by atoms with van der Waals surface area (Å²) < 4.78 is 1.09. The molecule has 0 rings (SSSR count). The van der Waals surface area contributed by atoms with Crippen LogP contribution in [0, 0.1) is 0 Å². The molecule has 0 fully saturated rings. The van der Waals surface area contributed by atoms with E-state index < -0.39 is 5.97 Å². The number of hydrogen-bond acceptors (Lipinski definition) is 2. The van der Waals surface area contributed by atoms with Crippen molar-refractivity contribution >= 4 is 5.97 Å². The second-order valence-electron chi connectivity index (χ2n) is 9.18. The van der Waals surface area contributed by atoms with E-state index in [0.29, 0.717) is 6.42 Å². The summed E-state index contributed by atoms with van der Waals surface area (Å²) in [7, 11) is 4.64. The molecule has 0 radical (unpaired) electrons. The lowest BCUT2D eigenvalue weighted by atomic mass is 10.0. The van der Waals surface area contributed by atoms with Crippen LogP contribution in [-0.2, 0) is 4.79 Å². The Kier molecular flexibility index (Phi) is 22.3. The molecular formula is C24H51NO3. The van der Waals surface area contributed by atoms with Crippen LogP contribution in [0.15, 0.2) is 0 Å². The van der Waals surface area contributed by atoms with Gasteiger partial charge in [0.1, 0.15) is 0 Å². The van der Waals surface area contributed by atoms with Crippen LogP contribution >= 0.6 is 0 Å². The zero-order valence-corrected chi connectivity index (χ0v) is 19.4. The van der Waals surface area contributed by atoms with Crippen LogP contribution in [0.1, 0.15) is 122 Å². The molecule has 0 amide bonds. The van der Waals surface area contributed by atoms with E-state index in [9.17, 15) is 4.79 Å². The molecule has 0 heterocycles. The molecule has 170 valence electrons. The monoisotopic (exact) mass is 401 g/mol. The Morgan fingerprint density at radius 2 is 0.929 bits per heavy atom. The summed E-state index contributed by atoms with van der Waals surface area (Å²) >= 11 is 0. The second kappa shape index (κ2) is 21.1. The predicted octanol–water partition coefficient (Wildman–Crippen LogP) is 7.01. The molecule has 0 aromatic heterocycles. The molecule has 0 aliphatic rings. The number of aliphatic carboxylic acids is 1. The SMILES string of the molecule is CCCCCCCCCCCCCCCC[N+](C)(C)CCCCCC(=O)O.[OH-]. The largest absolute Gasteiger partial charge is 0.870 e. The van der Waals surface area contributed by atoms with Gasteiger partial charge in [0.05, 0.1) is 27.2 Å². The Bertz CT molecular complexity index is 332. The Balaban J connectivity index is 0. The molecular weight excluding hydrogens is 350 g/mol. The lowest BCUT2D eigenvalue weighted by Gasteiger charge is -2.30. The van der Waals surface area contributed by atoms with Crippen LogP contribution in [0.3, 0.4) is 0 Å². The van der Waals surface area contributed by atoms with E-state index in [2.05, 4.69) is 21.0 Å². The number of hydrogen-bond donors (Lipinski definition) is 1. The lowest BCUT2D eigenvalue weighted by molar-refractivity contribution is -0.890. The van der Waals surface area contributed by atoms with E-state index in [4.69, 9.17) is 5.11 Å². The first-order valence-corrected chi connectivity index (χ1v) is 12.0. The zero-order chi connectivity index (χ0) is 20.2. The molecule has 0 saturated heterocycles. The summed E-state index contributed by atoms with van der Waals surface area (Å²) in [5.74, 6) is -0.661. The number of carboxylic acids is 1. The number of carboxylic acid groups (broad SMARTS) is 1. The van der Waals surface area contributed by atoms with Crippen molar-refractivity contribution in [2.75, 3.05) is 27.2 Å². The van der Waals surface area contributed by atoms with Gasteiger partial charge in [-0.1, -0.05) is 84.0 Å². The third-order valence-corrected chi connectivity index (χ3v) is 5.77. The first-order valence-electron chi connectivity index (χ1n) is 12.0. The second-order valence-corrected chi connectivity index (χ2v) is 9.18. The molecule has 0 aliphatic heterocycles. The third kappa shape index (κ3) is 23.4. The molecule has 0 saturated carbocycles. The minimum atomic E-state index is -0.661. The van der Waals surface area contributed by atoms with Gasteiger partial charge in [0, 0.05) is 6.42 Å². The van der Waals surface area contributed by atoms with Gasteiger partial charge < -0.3 is 15.1 Å². The Labute approximate surface area is 176 Å². The fourth-order valence-electron chi connectivity index (χ4n) is 3.84. The Morgan fingerprint density at radius 1 is 0.607 bits per heavy atom. The van der Waals surface area contributed by atoms with Crippen LogP contribution in [0.5, 0.6) is 0 Å². The summed E-state index contributed by atoms with van der Waals surface area (Å²) in [6, 6.07) is 0. The van der Waals surface area contributed by atoms with E-state index in [-0.39, 0.29) is 5.48 Å². The summed E-state index contributed by atoms with van der Waals surface area (Å²) in [5, 5.41) is 8.66. The first-order chi connectivity index (χ1) is 13.0. The number of quaternary nitrogens is 1. The number of carbonyl (C=O) groups is 1. The topological polar surface area (TPSA) is 67.3 Å². The van der Waals surface area contributed by atoms with Crippen LogP contribution in [0.25, 0.3) is 0 Å². The number of rotatable bonds is 21. The molecule has 0 unspecified atom stereocenters. The van der Waals surface area contributed by atoms with Crippen LogP contribution in [0.4, 0.5) is 0 Å². The average molecular weight is 402 g/mol. The van der Waals surface area contributed by atoms with Crippen molar-refractivity contribution in [3.63, 3.8) is 0 Å². The lowest BCUT2D eigenvalue weighted by Crippen LogP contribution is -2.41. The van der Waals surface area contributed by atoms with Gasteiger partial charge in [0.15, 0.2) is 0 Å². The molecule has 0 aliphatic carbocycles. The van der Waals surface area contributed by atoms with Crippen molar-refractivity contribution in [3.8, 4) is 0 Å². The minimum absolute atomic E-state index is 0. The molecule has 0 spiro atoms. The van der Waals surface area contributed by atoms with Crippen LogP contribution < -0.4 is 0 Å². The van der Waals surface area contributed by atoms with E-state index in [1.54, 1.807) is 0 Å². The third-order valence-electron chi connectivity index (χ3n) is 5.77. The number of nitrogens with zero attached hydrogens (tertiary/aromatic N) is 1. The maximum atomic E-state index is 10.5. The quantitative estimate of drug-likeness (QED) is 0.166. The highest BCUT2D eigenvalue weighted by molar-refractivity contribution is 5.66. The highest BCUT2D eigenvalue weighted by Gasteiger charge is 2.13. The van der Waals surface area contributed by atoms with Crippen molar-refractivity contribution in [1.82, 2.24) is 0 Å². The van der Waals surface area contributed by atoms with Gasteiger partial charge in [0.2, 0.25) is 0 Å². The Morgan fingerprint density at radius 3 is 1.29 bits per heavy atom. The fraction of sp³-hybridized carbons (Fsp3) is 0.958. The summed E-state index contributed by atoms with van der Waals surface area (Å²) in [6.45, 7) is 4.72.